The molecular weight excluding hydrogens is 266 g/mol. The van der Waals surface area contributed by atoms with Crippen molar-refractivity contribution in [2.75, 3.05) is 5.32 Å². The van der Waals surface area contributed by atoms with Gasteiger partial charge in [-0.05, 0) is 30.3 Å². The highest BCUT2D eigenvalue weighted by atomic mass is 79.9. The van der Waals surface area contributed by atoms with Gasteiger partial charge < -0.3 is 5.32 Å². The number of nitrogens with zero attached hydrogens (tertiary/aromatic N) is 2. The number of nitriles is 1. The Balaban J connectivity index is 2.18. The first-order chi connectivity index (χ1) is 7.78. The number of hydrogen-bond donors (Lipinski definition) is 1. The Labute approximate surface area is 102 Å². The molecule has 0 unspecified atom stereocenters. The standard InChI is InChI=1S/C12H8BrN3/c13-9-2-1-3-10(6-9)16-12-5-4-11(7-14)15-8-12/h1-6,8,16H. The molecular formula is C12H8BrN3. The highest BCUT2D eigenvalue weighted by Crippen LogP contribution is 2.19. The molecule has 16 heavy (non-hydrogen) atoms. The fourth-order valence-corrected chi connectivity index (χ4v) is 1.67. The Morgan fingerprint density at radius 3 is 2.69 bits per heavy atom. The quantitative estimate of drug-likeness (QED) is 0.912. The van der Waals surface area contributed by atoms with Crippen molar-refractivity contribution in [2.24, 2.45) is 0 Å². The summed E-state index contributed by atoms with van der Waals surface area (Å²) in [6, 6.07) is 13.3. The SMILES string of the molecule is N#Cc1ccc(Nc2cccc(Br)c2)cn1. The number of halogens is 1. The van der Waals surface area contributed by atoms with Gasteiger partial charge in [0, 0.05) is 10.2 Å². The van der Waals surface area contributed by atoms with Crippen molar-refractivity contribution in [3.8, 4) is 6.07 Å². The van der Waals surface area contributed by atoms with Gasteiger partial charge in [-0.15, -0.1) is 0 Å². The van der Waals surface area contributed by atoms with Gasteiger partial charge in [-0.1, -0.05) is 22.0 Å². The van der Waals surface area contributed by atoms with Crippen LogP contribution in [0.15, 0.2) is 47.1 Å². The van der Waals surface area contributed by atoms with E-state index in [9.17, 15) is 0 Å². The molecule has 0 spiro atoms. The number of hydrogen-bond acceptors (Lipinski definition) is 3. The lowest BCUT2D eigenvalue weighted by Crippen LogP contribution is -1.91. The lowest BCUT2D eigenvalue weighted by molar-refractivity contribution is 1.26. The average Bonchev–Trinajstić information content (AvgIpc) is 2.30. The number of rotatable bonds is 2. The maximum atomic E-state index is 8.62. The van der Waals surface area contributed by atoms with Crippen molar-refractivity contribution >= 4 is 27.3 Å². The van der Waals surface area contributed by atoms with Gasteiger partial charge in [-0.2, -0.15) is 5.26 Å². The molecule has 1 aromatic carbocycles. The third kappa shape index (κ3) is 2.59. The average molecular weight is 274 g/mol. The summed E-state index contributed by atoms with van der Waals surface area (Å²) in [4.78, 5) is 3.98. The predicted molar refractivity (Wildman–Crippen MR) is 66.4 cm³/mol. The zero-order valence-electron chi connectivity index (χ0n) is 8.31. The molecule has 0 saturated heterocycles. The number of anilines is 2. The summed E-state index contributed by atoms with van der Waals surface area (Å²) < 4.78 is 1.01. The normalized spacial score (nSPS) is 9.50. The van der Waals surface area contributed by atoms with Crippen molar-refractivity contribution in [1.29, 1.82) is 5.26 Å². The second kappa shape index (κ2) is 4.77. The highest BCUT2D eigenvalue weighted by Gasteiger charge is 1.96. The van der Waals surface area contributed by atoms with Crippen LogP contribution >= 0.6 is 15.9 Å². The summed E-state index contributed by atoms with van der Waals surface area (Å²) in [6.07, 6.45) is 1.64. The Morgan fingerprint density at radius 1 is 1.19 bits per heavy atom. The smallest absolute Gasteiger partial charge is 0.140 e. The highest BCUT2D eigenvalue weighted by molar-refractivity contribution is 9.10. The third-order valence-electron chi connectivity index (χ3n) is 1.99. The van der Waals surface area contributed by atoms with E-state index in [2.05, 4.69) is 26.2 Å². The molecule has 0 aliphatic carbocycles. The van der Waals surface area contributed by atoms with Gasteiger partial charge in [0.15, 0.2) is 0 Å². The first-order valence-corrected chi connectivity index (χ1v) is 5.46. The molecule has 0 fully saturated rings. The molecule has 1 N–H and O–H groups in total. The van der Waals surface area contributed by atoms with Crippen LogP contribution in [0.4, 0.5) is 11.4 Å². The van der Waals surface area contributed by atoms with E-state index in [-0.39, 0.29) is 0 Å². The van der Waals surface area contributed by atoms with Crippen molar-refractivity contribution in [3.63, 3.8) is 0 Å². The van der Waals surface area contributed by atoms with Crippen LogP contribution in [-0.2, 0) is 0 Å². The predicted octanol–water partition coefficient (Wildman–Crippen LogP) is 3.46. The number of pyridine rings is 1. The maximum absolute atomic E-state index is 8.62. The molecule has 3 nitrogen and oxygen atoms in total. The fraction of sp³-hybridized carbons (Fsp3) is 0. The minimum atomic E-state index is 0.416. The van der Waals surface area contributed by atoms with E-state index in [1.54, 1.807) is 12.3 Å². The van der Waals surface area contributed by atoms with Gasteiger partial charge in [0.25, 0.3) is 0 Å². The fourth-order valence-electron chi connectivity index (χ4n) is 1.27. The Bertz CT molecular complexity index is 529. The van der Waals surface area contributed by atoms with Gasteiger partial charge >= 0.3 is 0 Å². The number of nitrogens with one attached hydrogen (secondary N) is 1. The second-order valence-corrected chi connectivity index (χ2v) is 4.09. The van der Waals surface area contributed by atoms with E-state index in [0.29, 0.717) is 5.69 Å². The summed E-state index contributed by atoms with van der Waals surface area (Å²) >= 11 is 3.40. The van der Waals surface area contributed by atoms with E-state index in [1.807, 2.05) is 36.4 Å². The topological polar surface area (TPSA) is 48.7 Å². The van der Waals surface area contributed by atoms with Crippen LogP contribution in [-0.4, -0.2) is 4.98 Å². The molecule has 0 saturated carbocycles. The van der Waals surface area contributed by atoms with E-state index < -0.39 is 0 Å². The van der Waals surface area contributed by atoms with Crippen LogP contribution < -0.4 is 5.32 Å². The van der Waals surface area contributed by atoms with E-state index in [4.69, 9.17) is 5.26 Å². The Kier molecular flexibility index (Phi) is 3.18. The van der Waals surface area contributed by atoms with Crippen LogP contribution in [0.25, 0.3) is 0 Å². The van der Waals surface area contributed by atoms with Gasteiger partial charge in [0.1, 0.15) is 11.8 Å². The summed E-state index contributed by atoms with van der Waals surface area (Å²) in [5, 5.41) is 11.8. The molecule has 0 bridgehead atoms. The van der Waals surface area contributed by atoms with Crippen LogP contribution in [0.1, 0.15) is 5.69 Å². The summed E-state index contributed by atoms with van der Waals surface area (Å²) in [5.74, 6) is 0. The molecule has 0 amide bonds. The summed E-state index contributed by atoms with van der Waals surface area (Å²) in [5.41, 5.74) is 2.25. The van der Waals surface area contributed by atoms with Crippen LogP contribution in [0, 0.1) is 11.3 Å². The first-order valence-electron chi connectivity index (χ1n) is 4.67. The maximum Gasteiger partial charge on any atom is 0.140 e. The molecule has 0 aliphatic rings. The zero-order valence-corrected chi connectivity index (χ0v) is 9.90. The van der Waals surface area contributed by atoms with Crippen molar-refractivity contribution in [2.45, 2.75) is 0 Å². The van der Waals surface area contributed by atoms with E-state index in [0.717, 1.165) is 15.8 Å². The third-order valence-corrected chi connectivity index (χ3v) is 2.48. The molecule has 0 atom stereocenters. The first kappa shape index (κ1) is 10.7. The molecule has 1 heterocycles. The summed E-state index contributed by atoms with van der Waals surface area (Å²) in [6.45, 7) is 0. The lowest BCUT2D eigenvalue weighted by Gasteiger charge is -2.05. The second-order valence-electron chi connectivity index (χ2n) is 3.18. The largest absolute Gasteiger partial charge is 0.354 e. The van der Waals surface area contributed by atoms with Gasteiger partial charge in [-0.3, -0.25) is 0 Å². The monoisotopic (exact) mass is 273 g/mol. The van der Waals surface area contributed by atoms with Gasteiger partial charge in [-0.25, -0.2) is 4.98 Å². The van der Waals surface area contributed by atoms with Crippen LogP contribution in [0.5, 0.6) is 0 Å². The van der Waals surface area contributed by atoms with Crippen molar-refractivity contribution in [1.82, 2.24) is 4.98 Å². The molecule has 4 heteroatoms. The molecule has 2 aromatic rings. The minimum Gasteiger partial charge on any atom is -0.354 e. The molecule has 0 aliphatic heterocycles. The summed E-state index contributed by atoms with van der Waals surface area (Å²) in [7, 11) is 0. The molecule has 2 rings (SSSR count). The van der Waals surface area contributed by atoms with Crippen LogP contribution in [0.3, 0.4) is 0 Å². The zero-order chi connectivity index (χ0) is 11.4. The lowest BCUT2D eigenvalue weighted by atomic mass is 10.3. The molecule has 1 aromatic heterocycles. The van der Waals surface area contributed by atoms with Gasteiger partial charge in [0.05, 0.1) is 11.9 Å². The van der Waals surface area contributed by atoms with Crippen molar-refractivity contribution < 1.29 is 0 Å². The number of benzene rings is 1. The minimum absolute atomic E-state index is 0.416. The van der Waals surface area contributed by atoms with E-state index in [1.165, 1.54) is 0 Å². The van der Waals surface area contributed by atoms with E-state index >= 15 is 0 Å². The number of aromatic nitrogens is 1. The molecule has 78 valence electrons. The van der Waals surface area contributed by atoms with Crippen molar-refractivity contribution in [3.05, 3.63) is 52.8 Å². The van der Waals surface area contributed by atoms with Crippen LogP contribution in [0.2, 0.25) is 0 Å². The van der Waals surface area contributed by atoms with Gasteiger partial charge in [0.2, 0.25) is 0 Å². The Morgan fingerprint density at radius 2 is 2.06 bits per heavy atom. The molecule has 0 radical (unpaired) electrons. The Hall–Kier alpha value is -1.86.